The van der Waals surface area contributed by atoms with Crippen molar-refractivity contribution in [3.63, 3.8) is 0 Å². The second-order valence-electron chi connectivity index (χ2n) is 6.62. The minimum atomic E-state index is -0.692. The molecule has 5 heteroatoms. The van der Waals surface area contributed by atoms with Crippen molar-refractivity contribution >= 4 is 17.5 Å². The van der Waals surface area contributed by atoms with Crippen LogP contribution >= 0.6 is 0 Å². The first-order chi connectivity index (χ1) is 12.6. The van der Waals surface area contributed by atoms with Gasteiger partial charge < -0.3 is 15.4 Å². The number of hydrogen-bond donors (Lipinski definition) is 2. The van der Waals surface area contributed by atoms with Crippen LogP contribution in [0.3, 0.4) is 0 Å². The third-order valence-electron chi connectivity index (χ3n) is 4.75. The molecule has 2 N–H and O–H groups in total. The van der Waals surface area contributed by atoms with Crippen molar-refractivity contribution < 1.29 is 14.3 Å². The molecule has 1 unspecified atom stereocenters. The Kier molecular flexibility index (Phi) is 5.56. The van der Waals surface area contributed by atoms with Crippen molar-refractivity contribution in [2.24, 2.45) is 0 Å². The molecule has 26 heavy (non-hydrogen) atoms. The molecule has 1 aliphatic rings. The van der Waals surface area contributed by atoms with Gasteiger partial charge in [0.15, 0.2) is 0 Å². The highest BCUT2D eigenvalue weighted by Crippen LogP contribution is 2.24. The number of carbonyl (C=O) groups excluding carboxylic acids is 2. The van der Waals surface area contributed by atoms with Gasteiger partial charge in [-0.1, -0.05) is 24.3 Å². The highest BCUT2D eigenvalue weighted by Gasteiger charge is 2.18. The van der Waals surface area contributed by atoms with E-state index >= 15 is 0 Å². The maximum Gasteiger partial charge on any atom is 0.313 e. The SMILES string of the molecule is COc1cccc(NC(=O)C(=O)NC(C)c2ccc3c(c2)CCCC3)c1. The fourth-order valence-corrected chi connectivity index (χ4v) is 3.26. The van der Waals surface area contributed by atoms with E-state index in [-0.39, 0.29) is 6.04 Å². The van der Waals surface area contributed by atoms with Crippen molar-refractivity contribution in [2.45, 2.75) is 38.6 Å². The number of anilines is 1. The van der Waals surface area contributed by atoms with Crippen LogP contribution in [0.15, 0.2) is 42.5 Å². The quantitative estimate of drug-likeness (QED) is 0.829. The Hall–Kier alpha value is -2.82. The van der Waals surface area contributed by atoms with Gasteiger partial charge in [0.25, 0.3) is 0 Å². The Labute approximate surface area is 153 Å². The van der Waals surface area contributed by atoms with Crippen molar-refractivity contribution in [3.8, 4) is 5.75 Å². The summed E-state index contributed by atoms with van der Waals surface area (Å²) in [7, 11) is 1.55. The molecule has 0 bridgehead atoms. The topological polar surface area (TPSA) is 67.4 Å². The van der Waals surface area contributed by atoms with E-state index < -0.39 is 11.8 Å². The largest absolute Gasteiger partial charge is 0.497 e. The van der Waals surface area contributed by atoms with E-state index in [9.17, 15) is 9.59 Å². The lowest BCUT2D eigenvalue weighted by Gasteiger charge is -2.20. The van der Waals surface area contributed by atoms with Gasteiger partial charge in [0.2, 0.25) is 0 Å². The van der Waals surface area contributed by atoms with E-state index in [1.165, 1.54) is 24.0 Å². The Morgan fingerprint density at radius 2 is 1.77 bits per heavy atom. The van der Waals surface area contributed by atoms with E-state index in [0.717, 1.165) is 18.4 Å². The Balaban J connectivity index is 1.62. The molecule has 136 valence electrons. The molecule has 0 radical (unpaired) electrons. The van der Waals surface area contributed by atoms with E-state index in [1.54, 1.807) is 31.4 Å². The standard InChI is InChI=1S/C21H24N2O3/c1-14(16-11-10-15-6-3-4-7-17(15)12-16)22-20(24)21(25)23-18-8-5-9-19(13-18)26-2/h5,8-14H,3-4,6-7H2,1-2H3,(H,22,24)(H,23,25). The number of hydrogen-bond acceptors (Lipinski definition) is 3. The lowest BCUT2D eigenvalue weighted by molar-refractivity contribution is -0.136. The zero-order valence-electron chi connectivity index (χ0n) is 15.2. The number of fused-ring (bicyclic) bond motifs is 1. The number of rotatable bonds is 4. The fourth-order valence-electron chi connectivity index (χ4n) is 3.26. The lowest BCUT2D eigenvalue weighted by Crippen LogP contribution is -2.37. The molecule has 1 atom stereocenters. The van der Waals surface area contributed by atoms with Gasteiger partial charge in [-0.2, -0.15) is 0 Å². The van der Waals surface area contributed by atoms with Crippen LogP contribution in [0.1, 0.15) is 42.5 Å². The normalized spacial score (nSPS) is 14.1. The van der Waals surface area contributed by atoms with E-state index in [4.69, 9.17) is 4.74 Å². The second kappa shape index (κ2) is 8.04. The number of benzene rings is 2. The summed E-state index contributed by atoms with van der Waals surface area (Å²) < 4.78 is 5.11. The summed E-state index contributed by atoms with van der Waals surface area (Å²) >= 11 is 0. The number of ether oxygens (including phenoxy) is 1. The number of carbonyl (C=O) groups is 2. The van der Waals surface area contributed by atoms with Crippen molar-refractivity contribution in [3.05, 3.63) is 59.2 Å². The summed E-state index contributed by atoms with van der Waals surface area (Å²) in [5, 5.41) is 5.36. The van der Waals surface area contributed by atoms with Crippen molar-refractivity contribution in [2.75, 3.05) is 12.4 Å². The second-order valence-corrected chi connectivity index (χ2v) is 6.62. The molecular weight excluding hydrogens is 328 g/mol. The monoisotopic (exact) mass is 352 g/mol. The number of amides is 2. The minimum Gasteiger partial charge on any atom is -0.497 e. The van der Waals surface area contributed by atoms with Crippen LogP contribution < -0.4 is 15.4 Å². The Morgan fingerprint density at radius 3 is 2.54 bits per heavy atom. The van der Waals surface area contributed by atoms with Gasteiger partial charge in [-0.05, 0) is 61.4 Å². The molecule has 5 nitrogen and oxygen atoms in total. The molecule has 2 aromatic rings. The first-order valence-electron chi connectivity index (χ1n) is 8.94. The summed E-state index contributed by atoms with van der Waals surface area (Å²) in [4.78, 5) is 24.4. The Bertz CT molecular complexity index is 817. The van der Waals surface area contributed by atoms with Crippen LogP contribution in [0, 0.1) is 0 Å². The van der Waals surface area contributed by atoms with Gasteiger partial charge in [-0.25, -0.2) is 0 Å². The first kappa shape index (κ1) is 18.0. The maximum absolute atomic E-state index is 12.2. The molecule has 0 fully saturated rings. The maximum atomic E-state index is 12.2. The van der Waals surface area contributed by atoms with Gasteiger partial charge in [0.1, 0.15) is 5.75 Å². The fraction of sp³-hybridized carbons (Fsp3) is 0.333. The summed E-state index contributed by atoms with van der Waals surface area (Å²) in [6.45, 7) is 1.89. The summed E-state index contributed by atoms with van der Waals surface area (Å²) in [5.41, 5.74) is 4.30. The first-order valence-corrected chi connectivity index (χ1v) is 8.94. The molecule has 0 heterocycles. The Morgan fingerprint density at radius 1 is 1.00 bits per heavy atom. The lowest BCUT2D eigenvalue weighted by atomic mass is 9.89. The van der Waals surface area contributed by atoms with Crippen LogP contribution in [0.5, 0.6) is 5.75 Å². The molecule has 0 saturated carbocycles. The summed E-state index contributed by atoms with van der Waals surface area (Å²) in [5.74, 6) is -0.730. The van der Waals surface area contributed by atoms with E-state index in [2.05, 4.69) is 22.8 Å². The third-order valence-corrected chi connectivity index (χ3v) is 4.75. The highest BCUT2D eigenvalue weighted by molar-refractivity contribution is 6.39. The van der Waals surface area contributed by atoms with Gasteiger partial charge in [-0.15, -0.1) is 0 Å². The third kappa shape index (κ3) is 4.23. The van der Waals surface area contributed by atoms with Gasteiger partial charge in [0.05, 0.1) is 13.2 Å². The zero-order valence-corrected chi connectivity index (χ0v) is 15.2. The number of nitrogens with one attached hydrogen (secondary N) is 2. The summed E-state index contributed by atoms with van der Waals surface area (Å²) in [6, 6.07) is 13.0. The number of aryl methyl sites for hydroxylation is 2. The molecule has 2 amide bonds. The van der Waals surface area contributed by atoms with Crippen LogP contribution in [0.4, 0.5) is 5.69 Å². The van der Waals surface area contributed by atoms with Crippen molar-refractivity contribution in [1.82, 2.24) is 5.32 Å². The van der Waals surface area contributed by atoms with Gasteiger partial charge in [0, 0.05) is 11.8 Å². The minimum absolute atomic E-state index is 0.231. The smallest absolute Gasteiger partial charge is 0.313 e. The number of methoxy groups -OCH3 is 1. The molecule has 3 rings (SSSR count). The van der Waals surface area contributed by atoms with E-state index in [1.807, 2.05) is 13.0 Å². The highest BCUT2D eigenvalue weighted by atomic mass is 16.5. The van der Waals surface area contributed by atoms with Crippen LogP contribution in [-0.4, -0.2) is 18.9 Å². The molecule has 2 aromatic carbocycles. The molecule has 0 spiro atoms. The average molecular weight is 352 g/mol. The van der Waals surface area contributed by atoms with Gasteiger partial charge in [-0.3, -0.25) is 9.59 Å². The predicted octanol–water partition coefficient (Wildman–Crippen LogP) is 3.39. The average Bonchev–Trinajstić information content (AvgIpc) is 2.67. The van der Waals surface area contributed by atoms with E-state index in [0.29, 0.717) is 11.4 Å². The van der Waals surface area contributed by atoms with Crippen LogP contribution in [-0.2, 0) is 22.4 Å². The molecule has 1 aliphatic carbocycles. The summed E-state index contributed by atoms with van der Waals surface area (Å²) in [6.07, 6.45) is 4.66. The predicted molar refractivity (Wildman–Crippen MR) is 101 cm³/mol. The van der Waals surface area contributed by atoms with Crippen molar-refractivity contribution in [1.29, 1.82) is 0 Å². The molecule has 0 saturated heterocycles. The van der Waals surface area contributed by atoms with Crippen LogP contribution in [0.2, 0.25) is 0 Å². The van der Waals surface area contributed by atoms with Gasteiger partial charge >= 0.3 is 11.8 Å². The molecule has 0 aliphatic heterocycles. The molecule has 0 aromatic heterocycles. The molecular formula is C21H24N2O3. The van der Waals surface area contributed by atoms with Crippen LogP contribution in [0.25, 0.3) is 0 Å². The zero-order chi connectivity index (χ0) is 18.5.